The van der Waals surface area contributed by atoms with E-state index in [4.69, 9.17) is 14.2 Å². The number of unbranched alkanes of at least 4 members (excludes halogenated alkanes) is 24. The van der Waals surface area contributed by atoms with Crippen LogP contribution >= 0.6 is 0 Å². The molecule has 0 fully saturated rings. The second-order valence-electron chi connectivity index (χ2n) is 16.3. The average molecular weight is 811 g/mol. The van der Waals surface area contributed by atoms with Gasteiger partial charge in [0.15, 0.2) is 6.10 Å². The van der Waals surface area contributed by atoms with Gasteiger partial charge in [-0.05, 0) is 83.5 Å². The van der Waals surface area contributed by atoms with Crippen LogP contribution in [0.2, 0.25) is 0 Å². The third kappa shape index (κ3) is 46.3. The summed E-state index contributed by atoms with van der Waals surface area (Å²) in [5, 5.41) is 0. The Bertz CT molecular complexity index is 1010. The molecule has 0 saturated heterocycles. The maximum Gasteiger partial charge on any atom is 0.306 e. The van der Waals surface area contributed by atoms with E-state index in [2.05, 4.69) is 81.5 Å². The number of ether oxygens (including phenoxy) is 3. The summed E-state index contributed by atoms with van der Waals surface area (Å²) in [4.78, 5) is 25.3. The lowest BCUT2D eigenvalue weighted by Gasteiger charge is -2.18. The highest BCUT2D eigenvalue weighted by molar-refractivity contribution is 5.70. The molecule has 0 aliphatic rings. The lowest BCUT2D eigenvalue weighted by molar-refractivity contribution is -0.163. The minimum atomic E-state index is -0.543. The summed E-state index contributed by atoms with van der Waals surface area (Å²) >= 11 is 0. The number of carbonyl (C=O) groups excluding carboxylic acids is 2. The highest BCUT2D eigenvalue weighted by Crippen LogP contribution is 2.14. The van der Waals surface area contributed by atoms with Crippen LogP contribution in [0.1, 0.15) is 239 Å². The Labute approximate surface area is 360 Å². The smallest absolute Gasteiger partial charge is 0.306 e. The van der Waals surface area contributed by atoms with Crippen LogP contribution in [0.3, 0.4) is 0 Å². The number of hydrogen-bond acceptors (Lipinski definition) is 5. The van der Waals surface area contributed by atoms with Crippen molar-refractivity contribution in [3.63, 3.8) is 0 Å². The van der Waals surface area contributed by atoms with Gasteiger partial charge in [-0.1, -0.05) is 204 Å². The Morgan fingerprint density at radius 1 is 0.397 bits per heavy atom. The van der Waals surface area contributed by atoms with Gasteiger partial charge in [0.1, 0.15) is 6.61 Å². The monoisotopic (exact) mass is 811 g/mol. The zero-order valence-corrected chi connectivity index (χ0v) is 38.6. The fourth-order valence-electron chi connectivity index (χ4n) is 6.85. The summed E-state index contributed by atoms with van der Waals surface area (Å²) in [6, 6.07) is 0. The fraction of sp³-hybridized carbons (Fsp3) is 0.774. The van der Waals surface area contributed by atoms with Crippen LogP contribution in [-0.2, 0) is 23.8 Å². The highest BCUT2D eigenvalue weighted by Gasteiger charge is 2.17. The van der Waals surface area contributed by atoms with Gasteiger partial charge >= 0.3 is 11.9 Å². The summed E-state index contributed by atoms with van der Waals surface area (Å²) in [5.41, 5.74) is 0. The zero-order valence-electron chi connectivity index (χ0n) is 38.6. The van der Waals surface area contributed by atoms with Crippen molar-refractivity contribution in [2.24, 2.45) is 0 Å². The predicted molar refractivity (Wildman–Crippen MR) is 251 cm³/mol. The van der Waals surface area contributed by atoms with E-state index in [0.29, 0.717) is 19.4 Å². The maximum atomic E-state index is 12.7. The normalized spacial score (nSPS) is 12.7. The molecule has 0 radical (unpaired) electrons. The fourth-order valence-corrected chi connectivity index (χ4v) is 6.85. The van der Waals surface area contributed by atoms with Gasteiger partial charge in [0.25, 0.3) is 0 Å². The molecule has 0 aromatic heterocycles. The lowest BCUT2D eigenvalue weighted by Crippen LogP contribution is -2.30. The summed E-state index contributed by atoms with van der Waals surface area (Å²) in [5.74, 6) is -0.412. The number of allylic oxidation sites excluding steroid dienone is 10. The van der Waals surface area contributed by atoms with Crippen LogP contribution in [0.4, 0.5) is 0 Å². The van der Waals surface area contributed by atoms with Crippen molar-refractivity contribution in [2.75, 3.05) is 19.8 Å². The molecule has 0 aromatic carbocycles. The number of rotatable bonds is 45. The molecule has 5 nitrogen and oxygen atoms in total. The summed E-state index contributed by atoms with van der Waals surface area (Å²) < 4.78 is 17.3. The first-order valence-corrected chi connectivity index (χ1v) is 24.8. The van der Waals surface area contributed by atoms with Crippen molar-refractivity contribution >= 4 is 11.9 Å². The predicted octanol–water partition coefficient (Wildman–Crippen LogP) is 16.6. The molecule has 0 aliphatic heterocycles. The van der Waals surface area contributed by atoms with Gasteiger partial charge in [0.05, 0.1) is 6.61 Å². The van der Waals surface area contributed by atoms with E-state index in [0.717, 1.165) is 77.0 Å². The van der Waals surface area contributed by atoms with Gasteiger partial charge in [-0.3, -0.25) is 9.59 Å². The van der Waals surface area contributed by atoms with Crippen LogP contribution in [0.5, 0.6) is 0 Å². The molecular formula is C53H94O5. The standard InChI is InChI=1S/C53H94O5/c1-4-7-10-13-16-19-21-23-25-27-28-30-32-35-37-40-43-46-52(54)57-50-51(58-53(55)47-44-41-38-34-18-15-12-9-6-3)49-56-48-45-42-39-36-33-31-29-26-24-22-20-17-14-11-8-5-2/h8,11,16-17,19-20,23-26,51H,4-7,9-10,12-15,18,21-22,27-50H2,1-3H3/b11-8-,19-16-,20-17-,25-23-,26-24-. The summed E-state index contributed by atoms with van der Waals surface area (Å²) in [6.45, 7) is 7.65. The molecule has 0 amide bonds. The second-order valence-corrected chi connectivity index (χ2v) is 16.3. The largest absolute Gasteiger partial charge is 0.462 e. The van der Waals surface area contributed by atoms with E-state index >= 15 is 0 Å². The number of hydrogen-bond donors (Lipinski definition) is 0. The molecular weight excluding hydrogens is 717 g/mol. The summed E-state index contributed by atoms with van der Waals surface area (Å²) in [6.07, 6.45) is 60.8. The Balaban J connectivity index is 4.22. The Kier molecular flexibility index (Phi) is 46.9. The third-order valence-corrected chi connectivity index (χ3v) is 10.5. The maximum absolute atomic E-state index is 12.7. The van der Waals surface area contributed by atoms with Crippen LogP contribution in [0.25, 0.3) is 0 Å². The van der Waals surface area contributed by atoms with Crippen LogP contribution in [0, 0.1) is 0 Å². The van der Waals surface area contributed by atoms with Crippen LogP contribution in [0.15, 0.2) is 60.8 Å². The minimum Gasteiger partial charge on any atom is -0.462 e. The molecule has 0 rings (SSSR count). The van der Waals surface area contributed by atoms with Crippen LogP contribution in [-0.4, -0.2) is 37.9 Å². The first-order valence-electron chi connectivity index (χ1n) is 24.8. The number of esters is 2. The SMILES string of the molecule is CC/C=C\C/C=C\C/C=C\CCCCCCCCOCC(COC(=O)CCCCCCCCC/C=C\C/C=C\CCCCC)OC(=O)CCCCCCCCCCC. The van der Waals surface area contributed by atoms with E-state index in [1.807, 2.05) is 0 Å². The van der Waals surface area contributed by atoms with E-state index in [9.17, 15) is 9.59 Å². The zero-order chi connectivity index (χ0) is 42.1. The quantitative estimate of drug-likeness (QED) is 0.0348. The molecule has 0 N–H and O–H groups in total. The van der Waals surface area contributed by atoms with Crippen molar-refractivity contribution in [2.45, 2.75) is 245 Å². The van der Waals surface area contributed by atoms with Gasteiger partial charge in [0.2, 0.25) is 0 Å². The third-order valence-electron chi connectivity index (χ3n) is 10.5. The van der Waals surface area contributed by atoms with E-state index < -0.39 is 6.10 Å². The Morgan fingerprint density at radius 3 is 1.28 bits per heavy atom. The van der Waals surface area contributed by atoms with Gasteiger partial charge < -0.3 is 14.2 Å². The van der Waals surface area contributed by atoms with Crippen molar-refractivity contribution in [3.8, 4) is 0 Å². The van der Waals surface area contributed by atoms with Crippen molar-refractivity contribution in [1.29, 1.82) is 0 Å². The highest BCUT2D eigenvalue weighted by atomic mass is 16.6. The molecule has 1 unspecified atom stereocenters. The molecule has 0 aliphatic carbocycles. The van der Waals surface area contributed by atoms with Crippen molar-refractivity contribution in [1.82, 2.24) is 0 Å². The topological polar surface area (TPSA) is 61.8 Å². The first-order chi connectivity index (χ1) is 28.6. The van der Waals surface area contributed by atoms with Gasteiger partial charge in [-0.15, -0.1) is 0 Å². The molecule has 58 heavy (non-hydrogen) atoms. The van der Waals surface area contributed by atoms with E-state index in [1.54, 1.807) is 0 Å². The van der Waals surface area contributed by atoms with Gasteiger partial charge in [-0.25, -0.2) is 0 Å². The molecule has 0 spiro atoms. The Hall–Kier alpha value is -2.40. The van der Waals surface area contributed by atoms with Gasteiger partial charge in [-0.2, -0.15) is 0 Å². The summed E-state index contributed by atoms with van der Waals surface area (Å²) in [7, 11) is 0. The van der Waals surface area contributed by atoms with E-state index in [1.165, 1.54) is 128 Å². The second kappa shape index (κ2) is 49.0. The lowest BCUT2D eigenvalue weighted by atomic mass is 10.1. The molecule has 1 atom stereocenters. The minimum absolute atomic E-state index is 0.0765. The Morgan fingerprint density at radius 2 is 0.776 bits per heavy atom. The molecule has 336 valence electrons. The van der Waals surface area contributed by atoms with Crippen molar-refractivity contribution in [3.05, 3.63) is 60.8 Å². The van der Waals surface area contributed by atoms with Gasteiger partial charge in [0, 0.05) is 19.4 Å². The molecule has 5 heteroatoms. The molecule has 0 saturated carbocycles. The van der Waals surface area contributed by atoms with Crippen LogP contribution < -0.4 is 0 Å². The average Bonchev–Trinajstić information content (AvgIpc) is 3.22. The van der Waals surface area contributed by atoms with Crippen molar-refractivity contribution < 1.29 is 23.8 Å². The molecule has 0 bridgehead atoms. The number of carbonyl (C=O) groups is 2. The first kappa shape index (κ1) is 55.6. The molecule has 0 heterocycles. The van der Waals surface area contributed by atoms with E-state index in [-0.39, 0.29) is 25.2 Å². The molecule has 0 aromatic rings.